The highest BCUT2D eigenvalue weighted by molar-refractivity contribution is 6.30. The minimum Gasteiger partial charge on any atom is -0.368 e. The topological polar surface area (TPSA) is 50.9 Å². The number of alkyl halides is 1. The van der Waals surface area contributed by atoms with Crippen LogP contribution in [0.1, 0.15) is 25.3 Å². The van der Waals surface area contributed by atoms with Gasteiger partial charge in [-0.25, -0.2) is 9.67 Å². The largest absolute Gasteiger partial charge is 0.368 e. The predicted molar refractivity (Wildman–Crippen MR) is 86.9 cm³/mol. The van der Waals surface area contributed by atoms with Crippen LogP contribution in [0, 0.1) is 11.3 Å². The Bertz CT molecular complexity index is 631. The van der Waals surface area contributed by atoms with Gasteiger partial charge < -0.3 is 5.11 Å². The summed E-state index contributed by atoms with van der Waals surface area (Å²) in [6, 6.07) is 7.75. The Morgan fingerprint density at radius 1 is 1.36 bits per heavy atom. The first-order valence-corrected chi connectivity index (χ1v) is 8.29. The van der Waals surface area contributed by atoms with Crippen molar-refractivity contribution in [3.63, 3.8) is 0 Å². The van der Waals surface area contributed by atoms with Gasteiger partial charge in [0, 0.05) is 22.2 Å². The molecule has 1 saturated carbocycles. The van der Waals surface area contributed by atoms with Crippen molar-refractivity contribution in [2.45, 2.75) is 31.9 Å². The molecule has 3 unspecified atom stereocenters. The number of hydrogen-bond acceptors (Lipinski definition) is 3. The molecule has 118 valence electrons. The molecule has 0 aliphatic heterocycles. The highest BCUT2D eigenvalue weighted by Crippen LogP contribution is 2.54. The zero-order valence-corrected chi connectivity index (χ0v) is 13.9. The highest BCUT2D eigenvalue weighted by Gasteiger charge is 2.58. The van der Waals surface area contributed by atoms with Gasteiger partial charge in [0.15, 0.2) is 5.72 Å². The molecule has 0 bridgehead atoms. The lowest BCUT2D eigenvalue weighted by Gasteiger charge is -2.41. The summed E-state index contributed by atoms with van der Waals surface area (Å²) < 4.78 is 1.57. The van der Waals surface area contributed by atoms with Crippen LogP contribution in [0.3, 0.4) is 0 Å². The van der Waals surface area contributed by atoms with Crippen LogP contribution in [0.15, 0.2) is 36.9 Å². The fourth-order valence-electron chi connectivity index (χ4n) is 3.53. The van der Waals surface area contributed by atoms with E-state index < -0.39 is 11.1 Å². The fraction of sp³-hybridized carbons (Fsp3) is 0.500. The maximum atomic E-state index is 11.5. The van der Waals surface area contributed by atoms with Crippen molar-refractivity contribution in [3.05, 3.63) is 47.5 Å². The molecule has 1 aromatic carbocycles. The summed E-state index contributed by atoms with van der Waals surface area (Å²) in [5.74, 6) is 0.402. The van der Waals surface area contributed by atoms with Crippen molar-refractivity contribution in [3.8, 4) is 0 Å². The third-order valence-corrected chi connectivity index (χ3v) is 5.80. The van der Waals surface area contributed by atoms with Gasteiger partial charge in [-0.2, -0.15) is 5.10 Å². The lowest BCUT2D eigenvalue weighted by molar-refractivity contribution is -0.153. The average Bonchev–Trinajstić information content (AvgIpc) is 3.13. The lowest BCUT2D eigenvalue weighted by Crippen LogP contribution is -2.51. The summed E-state index contributed by atoms with van der Waals surface area (Å²) in [6.45, 7) is 2.02. The number of rotatable bonds is 4. The highest BCUT2D eigenvalue weighted by atomic mass is 35.5. The van der Waals surface area contributed by atoms with E-state index in [1.54, 1.807) is 11.0 Å². The number of halogens is 2. The van der Waals surface area contributed by atoms with Gasteiger partial charge in [0.1, 0.15) is 12.7 Å². The molecule has 0 radical (unpaired) electrons. The molecule has 0 amide bonds. The van der Waals surface area contributed by atoms with Crippen molar-refractivity contribution in [2.75, 3.05) is 5.88 Å². The smallest absolute Gasteiger partial charge is 0.169 e. The van der Waals surface area contributed by atoms with Crippen LogP contribution < -0.4 is 0 Å². The normalized spacial score (nSPS) is 31.5. The molecule has 6 heteroatoms. The Hall–Kier alpha value is -1.10. The summed E-state index contributed by atoms with van der Waals surface area (Å²) in [4.78, 5) is 4.00. The summed E-state index contributed by atoms with van der Waals surface area (Å²) in [7, 11) is 0. The quantitative estimate of drug-likeness (QED) is 0.867. The molecule has 1 aliphatic rings. The Balaban J connectivity index is 1.95. The maximum absolute atomic E-state index is 11.5. The zero-order chi connectivity index (χ0) is 15.8. The van der Waals surface area contributed by atoms with Gasteiger partial charge in [-0.3, -0.25) is 0 Å². The van der Waals surface area contributed by atoms with E-state index >= 15 is 0 Å². The summed E-state index contributed by atoms with van der Waals surface area (Å²) in [5, 5.41) is 16.4. The summed E-state index contributed by atoms with van der Waals surface area (Å²) in [6.07, 6.45) is 5.52. The van der Waals surface area contributed by atoms with Crippen LogP contribution in [0.25, 0.3) is 0 Å². The molecule has 0 spiro atoms. The van der Waals surface area contributed by atoms with Crippen LogP contribution in [0.5, 0.6) is 0 Å². The van der Waals surface area contributed by atoms with E-state index in [9.17, 15) is 5.11 Å². The molecule has 3 rings (SSSR count). The average molecular weight is 340 g/mol. The van der Waals surface area contributed by atoms with E-state index in [0.29, 0.717) is 10.9 Å². The van der Waals surface area contributed by atoms with Gasteiger partial charge in [-0.05, 0) is 37.0 Å². The minimum atomic E-state index is -1.13. The van der Waals surface area contributed by atoms with E-state index in [-0.39, 0.29) is 5.92 Å². The summed E-state index contributed by atoms with van der Waals surface area (Å²) in [5.41, 5.74) is -0.420. The third kappa shape index (κ3) is 2.43. The molecule has 22 heavy (non-hydrogen) atoms. The van der Waals surface area contributed by atoms with E-state index in [0.717, 1.165) is 24.8 Å². The second-order valence-electron chi connectivity index (χ2n) is 6.33. The SMILES string of the molecule is CC1(CCl)CCC(Cc2ccc(Cl)cc2)C1(O)n1cncn1. The van der Waals surface area contributed by atoms with Crippen LogP contribution in [0.4, 0.5) is 0 Å². The second kappa shape index (κ2) is 5.84. The van der Waals surface area contributed by atoms with Gasteiger partial charge in [0.25, 0.3) is 0 Å². The van der Waals surface area contributed by atoms with Crippen molar-refractivity contribution in [2.24, 2.45) is 11.3 Å². The number of aliphatic hydroxyl groups is 1. The molecule has 1 N–H and O–H groups in total. The van der Waals surface area contributed by atoms with Gasteiger partial charge in [0.2, 0.25) is 0 Å². The van der Waals surface area contributed by atoms with Crippen LogP contribution >= 0.6 is 23.2 Å². The molecular weight excluding hydrogens is 321 g/mol. The summed E-state index contributed by atoms with van der Waals surface area (Å²) >= 11 is 12.1. The predicted octanol–water partition coefficient (Wildman–Crippen LogP) is 3.47. The van der Waals surface area contributed by atoms with Crippen LogP contribution in [-0.4, -0.2) is 25.8 Å². The van der Waals surface area contributed by atoms with Crippen molar-refractivity contribution in [1.82, 2.24) is 14.8 Å². The van der Waals surface area contributed by atoms with Gasteiger partial charge in [0.05, 0.1) is 0 Å². The molecular formula is C16H19Cl2N3O. The van der Waals surface area contributed by atoms with Crippen molar-refractivity contribution < 1.29 is 5.11 Å². The number of nitrogens with zero attached hydrogens (tertiary/aromatic N) is 3. The molecule has 2 aromatic rings. The van der Waals surface area contributed by atoms with E-state index in [4.69, 9.17) is 23.2 Å². The molecule has 1 aromatic heterocycles. The zero-order valence-electron chi connectivity index (χ0n) is 12.4. The fourth-order valence-corrected chi connectivity index (χ4v) is 3.99. The molecule has 4 nitrogen and oxygen atoms in total. The molecule has 1 fully saturated rings. The Morgan fingerprint density at radius 2 is 2.09 bits per heavy atom. The van der Waals surface area contributed by atoms with Gasteiger partial charge in [-0.1, -0.05) is 30.7 Å². The number of benzene rings is 1. The molecule has 0 saturated heterocycles. The van der Waals surface area contributed by atoms with Gasteiger partial charge in [-0.15, -0.1) is 11.6 Å². The number of hydrogen-bond donors (Lipinski definition) is 1. The van der Waals surface area contributed by atoms with E-state index in [1.807, 2.05) is 31.2 Å². The minimum absolute atomic E-state index is 0.0270. The lowest BCUT2D eigenvalue weighted by atomic mass is 9.79. The number of aromatic nitrogens is 3. The standard InChI is InChI=1S/C16H19Cl2N3O/c1-15(9-17)7-6-13(8-12-2-4-14(18)5-3-12)16(15,22)21-11-19-10-20-21/h2-5,10-11,13,22H,6-9H2,1H3. The second-order valence-corrected chi connectivity index (χ2v) is 7.03. The van der Waals surface area contributed by atoms with E-state index in [1.165, 1.54) is 6.33 Å². The van der Waals surface area contributed by atoms with E-state index in [2.05, 4.69) is 10.1 Å². The maximum Gasteiger partial charge on any atom is 0.169 e. The van der Waals surface area contributed by atoms with Gasteiger partial charge >= 0.3 is 0 Å². The Labute approximate surface area is 140 Å². The Kier molecular flexibility index (Phi) is 4.19. The van der Waals surface area contributed by atoms with Crippen molar-refractivity contribution in [1.29, 1.82) is 0 Å². The molecule has 1 heterocycles. The van der Waals surface area contributed by atoms with Crippen LogP contribution in [0.2, 0.25) is 5.02 Å². The van der Waals surface area contributed by atoms with Crippen molar-refractivity contribution >= 4 is 23.2 Å². The van der Waals surface area contributed by atoms with Crippen LogP contribution in [-0.2, 0) is 12.1 Å². The third-order valence-electron chi connectivity index (χ3n) is 4.96. The first-order chi connectivity index (χ1) is 10.5. The monoisotopic (exact) mass is 339 g/mol. The Morgan fingerprint density at radius 3 is 2.68 bits per heavy atom. The molecule has 3 atom stereocenters. The molecule has 1 aliphatic carbocycles. The first kappa shape index (κ1) is 15.8. The first-order valence-electron chi connectivity index (χ1n) is 7.37.